The Balaban J connectivity index is 2.63. The number of hydrogen-bond donors (Lipinski definition) is 3. The quantitative estimate of drug-likeness (QED) is 0.400. The number of carboxylic acids is 1. The lowest BCUT2D eigenvalue weighted by Gasteiger charge is -2.30. The van der Waals surface area contributed by atoms with Crippen molar-refractivity contribution in [1.82, 2.24) is 0 Å². The highest BCUT2D eigenvalue weighted by Gasteiger charge is 2.30. The molecule has 1 aliphatic carbocycles. The largest absolute Gasteiger partial charge is 0.481 e. The van der Waals surface area contributed by atoms with Crippen LogP contribution in [0.15, 0.2) is 11.6 Å². The summed E-state index contributed by atoms with van der Waals surface area (Å²) in [7, 11) is 0. The van der Waals surface area contributed by atoms with Gasteiger partial charge in [0, 0.05) is 17.4 Å². The minimum Gasteiger partial charge on any atom is -0.481 e. The van der Waals surface area contributed by atoms with E-state index in [9.17, 15) is 24.9 Å². The van der Waals surface area contributed by atoms with E-state index in [-0.39, 0.29) is 24.0 Å². The van der Waals surface area contributed by atoms with Crippen molar-refractivity contribution in [1.29, 1.82) is 0 Å². The van der Waals surface area contributed by atoms with E-state index in [4.69, 9.17) is 0 Å². The van der Waals surface area contributed by atoms with Gasteiger partial charge in [0.25, 0.3) is 0 Å². The van der Waals surface area contributed by atoms with E-state index in [2.05, 4.69) is 18.8 Å². The molecule has 4 atom stereocenters. The molecule has 0 saturated carbocycles. The van der Waals surface area contributed by atoms with Gasteiger partial charge in [0.2, 0.25) is 0 Å². The van der Waals surface area contributed by atoms with Crippen LogP contribution in [0.5, 0.6) is 0 Å². The van der Waals surface area contributed by atoms with Crippen LogP contribution in [0, 0.1) is 29.1 Å². The topological polar surface area (TPSA) is 94.8 Å². The van der Waals surface area contributed by atoms with Gasteiger partial charge in [-0.3, -0.25) is 9.59 Å². The molecule has 0 aromatic rings. The zero-order valence-corrected chi connectivity index (χ0v) is 17.0. The summed E-state index contributed by atoms with van der Waals surface area (Å²) < 4.78 is 0. The van der Waals surface area contributed by atoms with Gasteiger partial charge >= 0.3 is 5.97 Å². The minimum absolute atomic E-state index is 0.0239. The smallest absolute Gasteiger partial charge is 0.306 e. The fourth-order valence-corrected chi connectivity index (χ4v) is 3.30. The summed E-state index contributed by atoms with van der Waals surface area (Å²) in [5.74, 6) is 4.23. The highest BCUT2D eigenvalue weighted by Crippen LogP contribution is 2.32. The third kappa shape index (κ3) is 7.48. The maximum absolute atomic E-state index is 11.6. The lowest BCUT2D eigenvalue weighted by atomic mass is 9.77. The number of rotatable bonds is 10. The maximum Gasteiger partial charge on any atom is 0.306 e. The summed E-state index contributed by atoms with van der Waals surface area (Å²) in [5, 5.41) is 29.7. The van der Waals surface area contributed by atoms with Gasteiger partial charge in [0.05, 0.1) is 12.0 Å². The molecule has 0 saturated heterocycles. The van der Waals surface area contributed by atoms with Crippen molar-refractivity contribution in [2.24, 2.45) is 17.3 Å². The number of hydrogen-bond acceptors (Lipinski definition) is 4. The molecule has 0 heterocycles. The Morgan fingerprint density at radius 2 is 2.00 bits per heavy atom. The monoisotopic (exact) mass is 378 g/mol. The van der Waals surface area contributed by atoms with Crippen molar-refractivity contribution >= 4 is 11.8 Å². The fourth-order valence-electron chi connectivity index (χ4n) is 3.30. The number of unbranched alkanes of at least 4 members (excludes halogenated alkanes) is 2. The first-order valence-electron chi connectivity index (χ1n) is 9.93. The Morgan fingerprint density at radius 3 is 2.52 bits per heavy atom. The molecule has 0 fully saturated rings. The minimum atomic E-state index is -0.920. The van der Waals surface area contributed by atoms with Gasteiger partial charge in [-0.15, -0.1) is 0 Å². The van der Waals surface area contributed by atoms with Gasteiger partial charge in [-0.05, 0) is 31.3 Å². The van der Waals surface area contributed by atoms with Gasteiger partial charge < -0.3 is 15.3 Å². The Hall–Kier alpha value is -1.64. The van der Waals surface area contributed by atoms with Crippen molar-refractivity contribution in [3.8, 4) is 11.8 Å². The van der Waals surface area contributed by atoms with Crippen LogP contribution in [-0.2, 0) is 9.59 Å². The van der Waals surface area contributed by atoms with E-state index < -0.39 is 23.6 Å². The zero-order chi connectivity index (χ0) is 20.6. The van der Waals surface area contributed by atoms with Crippen LogP contribution in [0.3, 0.4) is 0 Å². The van der Waals surface area contributed by atoms with E-state index in [1.54, 1.807) is 0 Å². The van der Waals surface area contributed by atoms with E-state index in [0.29, 0.717) is 24.8 Å². The van der Waals surface area contributed by atoms with Crippen molar-refractivity contribution in [3.05, 3.63) is 11.6 Å². The van der Waals surface area contributed by atoms with Crippen LogP contribution in [0.4, 0.5) is 0 Å². The Kier molecular flexibility index (Phi) is 9.21. The van der Waals surface area contributed by atoms with Crippen LogP contribution in [0.2, 0.25) is 0 Å². The fraction of sp³-hybridized carbons (Fsp3) is 0.727. The molecule has 3 N–H and O–H groups in total. The SMILES string of the molecule is CCCCCC(C(=O)O)C(C)CCC(C)(C)[C@H](O)C#CC1=CC(=O)CC1O. The Morgan fingerprint density at radius 1 is 1.33 bits per heavy atom. The first-order valence-corrected chi connectivity index (χ1v) is 9.93. The van der Waals surface area contributed by atoms with Gasteiger partial charge in [-0.25, -0.2) is 0 Å². The summed E-state index contributed by atoms with van der Waals surface area (Å²) in [6.45, 7) is 7.86. The van der Waals surface area contributed by atoms with Crippen LogP contribution in [0.1, 0.15) is 72.6 Å². The van der Waals surface area contributed by atoms with E-state index in [0.717, 1.165) is 19.3 Å². The molecule has 0 spiro atoms. The van der Waals surface area contributed by atoms with Gasteiger partial charge in [0.1, 0.15) is 6.10 Å². The molecule has 5 nitrogen and oxygen atoms in total. The highest BCUT2D eigenvalue weighted by atomic mass is 16.4. The van der Waals surface area contributed by atoms with Crippen LogP contribution >= 0.6 is 0 Å². The molecule has 0 aromatic carbocycles. The second kappa shape index (κ2) is 10.6. The lowest BCUT2D eigenvalue weighted by molar-refractivity contribution is -0.144. The molecule has 0 aliphatic heterocycles. The van der Waals surface area contributed by atoms with E-state index in [1.807, 2.05) is 20.8 Å². The summed E-state index contributed by atoms with van der Waals surface area (Å²) in [4.78, 5) is 22.9. The zero-order valence-electron chi connectivity index (χ0n) is 17.0. The van der Waals surface area contributed by atoms with Gasteiger partial charge in [-0.2, -0.15) is 0 Å². The molecule has 0 radical (unpaired) electrons. The standard InChI is InChI=1S/C22H34O5/c1-5-6-7-8-18(21(26)27)15(2)11-12-22(3,4)20(25)10-9-16-13-17(23)14-19(16)24/h13,15,18-20,24-25H,5-8,11-12,14H2,1-4H3,(H,26,27)/t15?,18?,19?,20-/m1/s1. The number of ketones is 1. The van der Waals surface area contributed by atoms with Crippen LogP contribution in [-0.4, -0.2) is 39.3 Å². The van der Waals surface area contributed by atoms with Crippen molar-refractivity contribution in [2.45, 2.75) is 84.8 Å². The molecular formula is C22H34O5. The molecule has 1 rings (SSSR count). The first-order chi connectivity index (χ1) is 12.6. The molecular weight excluding hydrogens is 344 g/mol. The molecule has 27 heavy (non-hydrogen) atoms. The first kappa shape index (κ1) is 23.4. The van der Waals surface area contributed by atoms with Gasteiger partial charge in [-0.1, -0.05) is 58.8 Å². The predicted octanol–water partition coefficient (Wildman–Crippen LogP) is 3.33. The summed E-state index contributed by atoms with van der Waals surface area (Å²) in [6.07, 6.45) is 4.63. The second-order valence-electron chi connectivity index (χ2n) is 8.40. The molecule has 1 aliphatic rings. The Bertz CT molecular complexity index is 608. The molecule has 0 amide bonds. The molecule has 0 bridgehead atoms. The second-order valence-corrected chi connectivity index (χ2v) is 8.40. The number of carboxylic acid groups (broad SMARTS) is 1. The molecule has 0 aromatic heterocycles. The van der Waals surface area contributed by atoms with E-state index in [1.165, 1.54) is 6.08 Å². The molecule has 152 valence electrons. The average molecular weight is 379 g/mol. The number of carbonyl (C=O) groups excluding carboxylic acids is 1. The third-order valence-electron chi connectivity index (χ3n) is 5.53. The number of aliphatic hydroxyl groups excluding tert-OH is 2. The van der Waals surface area contributed by atoms with Crippen LogP contribution < -0.4 is 0 Å². The Labute approximate surface area is 162 Å². The number of carbonyl (C=O) groups is 2. The number of aliphatic hydroxyl groups is 2. The highest BCUT2D eigenvalue weighted by molar-refractivity contribution is 5.95. The van der Waals surface area contributed by atoms with Crippen molar-refractivity contribution < 1.29 is 24.9 Å². The average Bonchev–Trinajstić information content (AvgIpc) is 2.91. The number of allylic oxidation sites excluding steroid dienone is 1. The van der Waals surface area contributed by atoms with Gasteiger partial charge in [0.15, 0.2) is 5.78 Å². The molecule has 5 heteroatoms. The lowest BCUT2D eigenvalue weighted by Crippen LogP contribution is -2.30. The number of aliphatic carboxylic acids is 1. The summed E-state index contributed by atoms with van der Waals surface area (Å²) >= 11 is 0. The normalized spacial score (nSPS) is 20.4. The van der Waals surface area contributed by atoms with E-state index >= 15 is 0 Å². The maximum atomic E-state index is 11.6. The summed E-state index contributed by atoms with van der Waals surface area (Å²) in [6, 6.07) is 0. The predicted molar refractivity (Wildman–Crippen MR) is 105 cm³/mol. The summed E-state index contributed by atoms with van der Waals surface area (Å²) in [5.41, 5.74) is -0.160. The third-order valence-corrected chi connectivity index (χ3v) is 5.53. The molecule has 3 unspecified atom stereocenters. The van der Waals surface area contributed by atoms with Crippen molar-refractivity contribution in [2.75, 3.05) is 0 Å². The van der Waals surface area contributed by atoms with Crippen LogP contribution in [0.25, 0.3) is 0 Å². The van der Waals surface area contributed by atoms with Crippen molar-refractivity contribution in [3.63, 3.8) is 0 Å².